The number of hydrogen-bond acceptors (Lipinski definition) is 2. The normalized spacial score (nSPS) is 12.2. The number of nitrogens with two attached hydrogens (primary N) is 1. The molecule has 3 heteroatoms. The number of ether oxygens (including phenoxy) is 1. The van der Waals surface area contributed by atoms with Gasteiger partial charge in [0.2, 0.25) is 0 Å². The van der Waals surface area contributed by atoms with Crippen LogP contribution in [0.25, 0.3) is 0 Å². The summed E-state index contributed by atoms with van der Waals surface area (Å²) in [6, 6.07) is 14.1. The average Bonchev–Trinajstić information content (AvgIpc) is 2.34. The molecule has 2 aromatic rings. The van der Waals surface area contributed by atoms with Gasteiger partial charge in [-0.15, -0.1) is 0 Å². The van der Waals surface area contributed by atoms with Crippen LogP contribution in [0.5, 0.6) is 11.5 Å². The molecule has 2 rings (SSSR count). The van der Waals surface area contributed by atoms with Crippen molar-refractivity contribution in [2.45, 2.75) is 26.3 Å². The third-order valence-electron chi connectivity index (χ3n) is 2.88. The van der Waals surface area contributed by atoms with Gasteiger partial charge in [-0.3, -0.25) is 0 Å². The van der Waals surface area contributed by atoms with Crippen LogP contribution in [0.2, 0.25) is 0 Å². The van der Waals surface area contributed by atoms with E-state index >= 15 is 0 Å². The molecule has 0 aliphatic rings. The van der Waals surface area contributed by atoms with E-state index in [2.05, 4.69) is 22.0 Å². The van der Waals surface area contributed by atoms with Crippen LogP contribution in [0.3, 0.4) is 0 Å². The molecule has 0 spiro atoms. The molecule has 0 amide bonds. The highest BCUT2D eigenvalue weighted by atomic mass is 79.9. The standard InChI is InChI=1S/C16H18BrNO/c1-11-5-3-4-6-15(11)19-16-8-7-14(17)10-13(16)9-12(2)18/h3-8,10,12H,9,18H2,1-2H3. The minimum atomic E-state index is 0.105. The van der Waals surface area contributed by atoms with Gasteiger partial charge in [-0.2, -0.15) is 0 Å². The third kappa shape index (κ3) is 3.82. The smallest absolute Gasteiger partial charge is 0.130 e. The van der Waals surface area contributed by atoms with E-state index in [1.165, 1.54) is 0 Å². The van der Waals surface area contributed by atoms with Crippen molar-refractivity contribution < 1.29 is 4.74 Å². The highest BCUT2D eigenvalue weighted by Gasteiger charge is 2.09. The zero-order chi connectivity index (χ0) is 13.8. The highest BCUT2D eigenvalue weighted by Crippen LogP contribution is 2.30. The lowest BCUT2D eigenvalue weighted by molar-refractivity contribution is 0.470. The predicted octanol–water partition coefficient (Wildman–Crippen LogP) is 4.44. The van der Waals surface area contributed by atoms with Gasteiger partial charge in [0.15, 0.2) is 0 Å². The summed E-state index contributed by atoms with van der Waals surface area (Å²) in [6.45, 7) is 4.04. The first-order chi connectivity index (χ1) is 9.06. The van der Waals surface area contributed by atoms with E-state index in [-0.39, 0.29) is 6.04 Å². The first-order valence-electron chi connectivity index (χ1n) is 6.34. The van der Waals surface area contributed by atoms with Crippen LogP contribution in [0.4, 0.5) is 0 Å². The van der Waals surface area contributed by atoms with Crippen LogP contribution in [0.15, 0.2) is 46.9 Å². The van der Waals surface area contributed by atoms with Gasteiger partial charge < -0.3 is 10.5 Å². The number of benzene rings is 2. The van der Waals surface area contributed by atoms with Gasteiger partial charge in [0, 0.05) is 10.5 Å². The summed E-state index contributed by atoms with van der Waals surface area (Å²) < 4.78 is 7.06. The number of halogens is 1. The third-order valence-corrected chi connectivity index (χ3v) is 3.37. The van der Waals surface area contributed by atoms with Gasteiger partial charge in [0.25, 0.3) is 0 Å². The fraction of sp³-hybridized carbons (Fsp3) is 0.250. The quantitative estimate of drug-likeness (QED) is 0.904. The first kappa shape index (κ1) is 14.1. The molecule has 0 aliphatic carbocycles. The van der Waals surface area contributed by atoms with Crippen LogP contribution >= 0.6 is 15.9 Å². The predicted molar refractivity (Wildman–Crippen MR) is 82.7 cm³/mol. The van der Waals surface area contributed by atoms with Gasteiger partial charge in [-0.1, -0.05) is 34.1 Å². The number of aryl methyl sites for hydroxylation is 1. The van der Waals surface area contributed by atoms with Crippen molar-refractivity contribution in [1.82, 2.24) is 0 Å². The molecule has 0 heterocycles. The lowest BCUT2D eigenvalue weighted by Gasteiger charge is -2.14. The van der Waals surface area contributed by atoms with Gasteiger partial charge in [-0.05, 0) is 55.7 Å². The highest BCUT2D eigenvalue weighted by molar-refractivity contribution is 9.10. The fourth-order valence-corrected chi connectivity index (χ4v) is 2.35. The lowest BCUT2D eigenvalue weighted by atomic mass is 10.1. The van der Waals surface area contributed by atoms with E-state index in [1.807, 2.05) is 50.2 Å². The second-order valence-electron chi connectivity index (χ2n) is 4.80. The SMILES string of the molecule is Cc1ccccc1Oc1ccc(Br)cc1CC(C)N. The zero-order valence-corrected chi connectivity index (χ0v) is 12.8. The van der Waals surface area contributed by atoms with Gasteiger partial charge in [0.05, 0.1) is 0 Å². The van der Waals surface area contributed by atoms with Crippen molar-refractivity contribution in [3.05, 3.63) is 58.1 Å². The molecule has 0 aromatic heterocycles. The molecule has 1 atom stereocenters. The maximum Gasteiger partial charge on any atom is 0.130 e. The average molecular weight is 320 g/mol. The van der Waals surface area contributed by atoms with Crippen LogP contribution in [0, 0.1) is 6.92 Å². The summed E-state index contributed by atoms with van der Waals surface area (Å²) in [4.78, 5) is 0. The largest absolute Gasteiger partial charge is 0.457 e. The van der Waals surface area contributed by atoms with E-state index in [1.54, 1.807) is 0 Å². The molecule has 100 valence electrons. The molecule has 0 radical (unpaired) electrons. The Morgan fingerprint density at radius 3 is 2.58 bits per heavy atom. The first-order valence-corrected chi connectivity index (χ1v) is 7.13. The Kier molecular flexibility index (Phi) is 4.61. The van der Waals surface area contributed by atoms with Crippen molar-refractivity contribution >= 4 is 15.9 Å². The molecule has 0 bridgehead atoms. The monoisotopic (exact) mass is 319 g/mol. The Hall–Kier alpha value is -1.32. The molecule has 0 saturated carbocycles. The van der Waals surface area contributed by atoms with E-state index in [9.17, 15) is 0 Å². The summed E-state index contributed by atoms with van der Waals surface area (Å²) in [5.41, 5.74) is 8.14. The van der Waals surface area contributed by atoms with Gasteiger partial charge >= 0.3 is 0 Å². The van der Waals surface area contributed by atoms with Crippen LogP contribution in [0.1, 0.15) is 18.1 Å². The summed E-state index contributed by atoms with van der Waals surface area (Å²) in [6.07, 6.45) is 0.792. The van der Waals surface area contributed by atoms with Crippen molar-refractivity contribution in [3.63, 3.8) is 0 Å². The Bertz CT molecular complexity index is 566. The Labute approximate surface area is 122 Å². The summed E-state index contributed by atoms with van der Waals surface area (Å²) in [5, 5.41) is 0. The molecular weight excluding hydrogens is 302 g/mol. The zero-order valence-electron chi connectivity index (χ0n) is 11.2. The molecule has 0 fully saturated rings. The van der Waals surface area contributed by atoms with Gasteiger partial charge in [0.1, 0.15) is 11.5 Å². The molecule has 0 aliphatic heterocycles. The minimum Gasteiger partial charge on any atom is -0.457 e. The Morgan fingerprint density at radius 2 is 1.89 bits per heavy atom. The topological polar surface area (TPSA) is 35.2 Å². The van der Waals surface area contributed by atoms with Crippen molar-refractivity contribution in [3.8, 4) is 11.5 Å². The Morgan fingerprint density at radius 1 is 1.16 bits per heavy atom. The van der Waals surface area contributed by atoms with E-state index in [0.717, 1.165) is 33.5 Å². The second kappa shape index (κ2) is 6.22. The molecule has 2 aromatic carbocycles. The van der Waals surface area contributed by atoms with Crippen LogP contribution in [-0.2, 0) is 6.42 Å². The molecule has 0 saturated heterocycles. The number of hydrogen-bond donors (Lipinski definition) is 1. The Balaban J connectivity index is 2.32. The molecular formula is C16H18BrNO. The van der Waals surface area contributed by atoms with Gasteiger partial charge in [-0.25, -0.2) is 0 Å². The fourth-order valence-electron chi connectivity index (χ4n) is 1.94. The van der Waals surface area contributed by atoms with E-state index in [4.69, 9.17) is 10.5 Å². The number of rotatable bonds is 4. The molecule has 19 heavy (non-hydrogen) atoms. The molecule has 2 nitrogen and oxygen atoms in total. The van der Waals surface area contributed by atoms with E-state index in [0.29, 0.717) is 0 Å². The van der Waals surface area contributed by atoms with Crippen molar-refractivity contribution in [1.29, 1.82) is 0 Å². The molecule has 1 unspecified atom stereocenters. The maximum absolute atomic E-state index is 6.02. The summed E-state index contributed by atoms with van der Waals surface area (Å²) >= 11 is 3.49. The summed E-state index contributed by atoms with van der Waals surface area (Å²) in [7, 11) is 0. The van der Waals surface area contributed by atoms with Crippen LogP contribution < -0.4 is 10.5 Å². The van der Waals surface area contributed by atoms with Crippen molar-refractivity contribution in [2.75, 3.05) is 0 Å². The van der Waals surface area contributed by atoms with Crippen LogP contribution in [-0.4, -0.2) is 6.04 Å². The second-order valence-corrected chi connectivity index (χ2v) is 5.72. The summed E-state index contributed by atoms with van der Waals surface area (Å²) in [5.74, 6) is 1.76. The maximum atomic E-state index is 6.02. The van der Waals surface area contributed by atoms with E-state index < -0.39 is 0 Å². The van der Waals surface area contributed by atoms with Crippen molar-refractivity contribution in [2.24, 2.45) is 5.73 Å². The minimum absolute atomic E-state index is 0.105. The number of para-hydroxylation sites is 1. The molecule has 2 N–H and O–H groups in total. The lowest BCUT2D eigenvalue weighted by Crippen LogP contribution is -2.18.